The number of nitrogens with two attached hydrogens (primary N) is 1. The number of benzene rings is 2. The smallest absolute Gasteiger partial charge is 0.261 e. The van der Waals surface area contributed by atoms with Crippen molar-refractivity contribution in [2.45, 2.75) is 18.9 Å². The van der Waals surface area contributed by atoms with Crippen molar-refractivity contribution in [1.82, 2.24) is 10.3 Å². The Morgan fingerprint density at radius 1 is 1.21 bits per heavy atom. The van der Waals surface area contributed by atoms with Crippen LogP contribution >= 0.6 is 11.3 Å². The van der Waals surface area contributed by atoms with Gasteiger partial charge in [-0.2, -0.15) is 0 Å². The fourth-order valence-corrected chi connectivity index (χ4v) is 4.67. The van der Waals surface area contributed by atoms with E-state index in [9.17, 15) is 4.79 Å². The predicted molar refractivity (Wildman–Crippen MR) is 117 cm³/mol. The molecule has 7 heteroatoms. The number of amides is 1. The van der Waals surface area contributed by atoms with E-state index in [-0.39, 0.29) is 0 Å². The molecule has 1 fully saturated rings. The molecule has 2 heterocycles. The largest absolute Gasteiger partial charge is 0.457 e. The molecule has 0 bridgehead atoms. The SMILES string of the molecule is CNCC1CCCN1c1nc(-c2ccc(Oc3ccccc3)cc2)c(C(N)=O)s1. The summed E-state index contributed by atoms with van der Waals surface area (Å²) in [6.45, 7) is 1.84. The molecule has 3 aromatic rings. The average molecular weight is 409 g/mol. The number of likely N-dealkylation sites (N-methyl/N-ethyl adjacent to an activating group) is 1. The van der Waals surface area contributed by atoms with Crippen LogP contribution in [0, 0.1) is 0 Å². The lowest BCUT2D eigenvalue weighted by atomic mass is 10.1. The van der Waals surface area contributed by atoms with Crippen molar-refractivity contribution in [2.24, 2.45) is 5.73 Å². The second-order valence-corrected chi connectivity index (χ2v) is 8.00. The van der Waals surface area contributed by atoms with Gasteiger partial charge in [-0.25, -0.2) is 4.98 Å². The van der Waals surface area contributed by atoms with Gasteiger partial charge in [0.1, 0.15) is 16.4 Å². The molecule has 1 atom stereocenters. The maximum Gasteiger partial charge on any atom is 0.261 e. The molecule has 0 spiro atoms. The first kappa shape index (κ1) is 19.4. The number of nitrogens with zero attached hydrogens (tertiary/aromatic N) is 2. The van der Waals surface area contributed by atoms with Gasteiger partial charge < -0.3 is 20.7 Å². The molecule has 3 N–H and O–H groups in total. The number of primary amides is 1. The van der Waals surface area contributed by atoms with Crippen molar-refractivity contribution in [2.75, 3.05) is 25.0 Å². The fraction of sp³-hybridized carbons (Fsp3) is 0.273. The first-order valence-corrected chi connectivity index (χ1v) is 10.5. The molecule has 1 aliphatic rings. The van der Waals surface area contributed by atoms with Crippen LogP contribution in [-0.4, -0.2) is 37.1 Å². The van der Waals surface area contributed by atoms with E-state index < -0.39 is 5.91 Å². The number of carbonyl (C=O) groups is 1. The molecular weight excluding hydrogens is 384 g/mol. The summed E-state index contributed by atoms with van der Waals surface area (Å²) in [5, 5.41) is 4.10. The highest BCUT2D eigenvalue weighted by Gasteiger charge is 2.28. The van der Waals surface area contributed by atoms with E-state index in [2.05, 4.69) is 10.2 Å². The summed E-state index contributed by atoms with van der Waals surface area (Å²) in [5.74, 6) is 1.06. The van der Waals surface area contributed by atoms with Crippen molar-refractivity contribution in [3.05, 3.63) is 59.5 Å². The molecule has 6 nitrogen and oxygen atoms in total. The number of para-hydroxylation sites is 1. The number of hydrogen-bond donors (Lipinski definition) is 2. The molecule has 1 amide bonds. The summed E-state index contributed by atoms with van der Waals surface area (Å²) in [7, 11) is 1.96. The van der Waals surface area contributed by atoms with Crippen LogP contribution < -0.4 is 20.7 Å². The summed E-state index contributed by atoms with van der Waals surface area (Å²) in [6, 6.07) is 17.6. The molecule has 1 aromatic heterocycles. The third-order valence-corrected chi connectivity index (χ3v) is 6.12. The lowest BCUT2D eigenvalue weighted by Gasteiger charge is -2.23. The van der Waals surface area contributed by atoms with E-state index in [0.29, 0.717) is 16.6 Å². The van der Waals surface area contributed by atoms with Crippen LogP contribution in [0.2, 0.25) is 0 Å². The molecule has 1 aliphatic heterocycles. The Morgan fingerprint density at radius 3 is 2.62 bits per heavy atom. The van der Waals surface area contributed by atoms with Crippen LogP contribution in [0.3, 0.4) is 0 Å². The van der Waals surface area contributed by atoms with Crippen LogP contribution in [-0.2, 0) is 0 Å². The van der Waals surface area contributed by atoms with Gasteiger partial charge in [-0.3, -0.25) is 4.79 Å². The highest BCUT2D eigenvalue weighted by atomic mass is 32.1. The van der Waals surface area contributed by atoms with Crippen LogP contribution in [0.5, 0.6) is 11.5 Å². The van der Waals surface area contributed by atoms with Crippen molar-refractivity contribution in [1.29, 1.82) is 0 Å². The standard InChI is InChI=1S/C22H24N4O2S/c1-24-14-16-6-5-13-26(16)22-25-19(20(29-22)21(23)27)15-9-11-18(12-10-15)28-17-7-3-2-4-8-17/h2-4,7-12,16,24H,5-6,13-14H2,1H3,(H2,23,27). The summed E-state index contributed by atoms with van der Waals surface area (Å²) in [6.07, 6.45) is 2.24. The van der Waals surface area contributed by atoms with Gasteiger partial charge in [0, 0.05) is 24.7 Å². The minimum absolute atomic E-state index is 0.390. The van der Waals surface area contributed by atoms with Gasteiger partial charge >= 0.3 is 0 Å². The van der Waals surface area contributed by atoms with Gasteiger partial charge in [0.25, 0.3) is 5.91 Å². The Bertz CT molecular complexity index is 972. The van der Waals surface area contributed by atoms with E-state index in [1.165, 1.54) is 11.3 Å². The van der Waals surface area contributed by atoms with Crippen molar-refractivity contribution < 1.29 is 9.53 Å². The molecule has 29 heavy (non-hydrogen) atoms. The lowest BCUT2D eigenvalue weighted by molar-refractivity contribution is 0.100. The van der Waals surface area contributed by atoms with Gasteiger partial charge in [-0.15, -0.1) is 0 Å². The molecular formula is C22H24N4O2S. The number of thiazole rings is 1. The summed E-state index contributed by atoms with van der Waals surface area (Å²) < 4.78 is 5.85. The van der Waals surface area contributed by atoms with Crippen molar-refractivity contribution in [3.8, 4) is 22.8 Å². The molecule has 1 saturated heterocycles. The van der Waals surface area contributed by atoms with Crippen LogP contribution in [0.4, 0.5) is 5.13 Å². The van der Waals surface area contributed by atoms with Crippen LogP contribution in [0.15, 0.2) is 54.6 Å². The summed E-state index contributed by atoms with van der Waals surface area (Å²) in [4.78, 5) is 19.7. The van der Waals surface area contributed by atoms with E-state index in [0.717, 1.165) is 48.1 Å². The molecule has 0 aliphatic carbocycles. The Hall–Kier alpha value is -2.90. The number of anilines is 1. The third-order valence-electron chi connectivity index (χ3n) is 5.01. The maximum absolute atomic E-state index is 12.1. The molecule has 0 saturated carbocycles. The first-order valence-electron chi connectivity index (χ1n) is 9.71. The first-order chi connectivity index (χ1) is 14.2. The second kappa shape index (κ2) is 8.63. The normalized spacial score (nSPS) is 16.2. The summed E-state index contributed by atoms with van der Waals surface area (Å²) >= 11 is 1.38. The zero-order valence-electron chi connectivity index (χ0n) is 16.3. The fourth-order valence-electron chi connectivity index (χ4n) is 3.64. The minimum Gasteiger partial charge on any atom is -0.457 e. The maximum atomic E-state index is 12.1. The molecule has 150 valence electrons. The average Bonchev–Trinajstić information content (AvgIpc) is 3.37. The van der Waals surface area contributed by atoms with Crippen LogP contribution in [0.25, 0.3) is 11.3 Å². The molecule has 4 rings (SSSR count). The van der Waals surface area contributed by atoms with Gasteiger partial charge in [0.05, 0.1) is 5.69 Å². The van der Waals surface area contributed by atoms with Crippen molar-refractivity contribution in [3.63, 3.8) is 0 Å². The highest BCUT2D eigenvalue weighted by molar-refractivity contribution is 7.18. The van der Waals surface area contributed by atoms with E-state index in [1.807, 2.05) is 61.6 Å². The van der Waals surface area contributed by atoms with Gasteiger partial charge in [-0.1, -0.05) is 29.5 Å². The van der Waals surface area contributed by atoms with Crippen LogP contribution in [0.1, 0.15) is 22.5 Å². The van der Waals surface area contributed by atoms with Gasteiger partial charge in [-0.05, 0) is 56.3 Å². The Balaban J connectivity index is 1.60. The zero-order chi connectivity index (χ0) is 20.2. The predicted octanol–water partition coefficient (Wildman–Crippen LogP) is 3.89. The van der Waals surface area contributed by atoms with E-state index in [4.69, 9.17) is 15.5 Å². The Morgan fingerprint density at radius 2 is 1.93 bits per heavy atom. The second-order valence-electron chi connectivity index (χ2n) is 7.03. The number of ether oxygens (including phenoxy) is 1. The highest BCUT2D eigenvalue weighted by Crippen LogP contribution is 2.36. The molecule has 2 aromatic carbocycles. The number of rotatable bonds is 7. The number of carbonyl (C=O) groups excluding carboxylic acids is 1. The number of aromatic nitrogens is 1. The summed E-state index contributed by atoms with van der Waals surface area (Å²) in [5.41, 5.74) is 7.16. The van der Waals surface area contributed by atoms with Crippen molar-refractivity contribution >= 4 is 22.4 Å². The van der Waals surface area contributed by atoms with Gasteiger partial charge in [0.2, 0.25) is 0 Å². The number of nitrogens with one attached hydrogen (secondary N) is 1. The monoisotopic (exact) mass is 408 g/mol. The Labute approximate surface area is 174 Å². The lowest BCUT2D eigenvalue weighted by Crippen LogP contribution is -2.36. The van der Waals surface area contributed by atoms with Gasteiger partial charge in [0.15, 0.2) is 5.13 Å². The molecule has 1 unspecified atom stereocenters. The zero-order valence-corrected chi connectivity index (χ0v) is 17.1. The van der Waals surface area contributed by atoms with E-state index >= 15 is 0 Å². The number of hydrogen-bond acceptors (Lipinski definition) is 6. The molecule has 0 radical (unpaired) electrons. The van der Waals surface area contributed by atoms with E-state index in [1.54, 1.807) is 0 Å². The third kappa shape index (κ3) is 4.26. The quantitative estimate of drug-likeness (QED) is 0.620. The topological polar surface area (TPSA) is 80.5 Å². The minimum atomic E-state index is -0.447. The Kier molecular flexibility index (Phi) is 5.78.